The molecule has 0 aliphatic carbocycles. The molecule has 2 N–H and O–H groups in total. The first kappa shape index (κ1) is 33.2. The van der Waals surface area contributed by atoms with Gasteiger partial charge in [-0.05, 0) is 65.9 Å². The van der Waals surface area contributed by atoms with Crippen molar-refractivity contribution in [2.24, 2.45) is 0 Å². The number of carbonyl (C=O) groups excluding carboxylic acids is 1. The highest BCUT2D eigenvalue weighted by Gasteiger charge is 2.40. The molecule has 0 spiro atoms. The van der Waals surface area contributed by atoms with Crippen LogP contribution in [0.1, 0.15) is 56.1 Å². The summed E-state index contributed by atoms with van der Waals surface area (Å²) < 4.78 is 18.1. The Hall–Kier alpha value is -3.72. The Bertz CT molecular complexity index is 1610. The Morgan fingerprint density at radius 3 is 2.34 bits per heavy atom. The summed E-state index contributed by atoms with van der Waals surface area (Å²) in [6, 6.07) is 25.7. The number of carbonyl (C=O) groups is 1. The van der Waals surface area contributed by atoms with E-state index >= 15 is 0 Å². The lowest BCUT2D eigenvalue weighted by molar-refractivity contribution is -0.139. The van der Waals surface area contributed by atoms with Crippen LogP contribution in [-0.2, 0) is 33.4 Å². The number of hydrogen-bond donors (Lipinski definition) is 2. The molecule has 0 unspecified atom stereocenters. The van der Waals surface area contributed by atoms with E-state index in [0.717, 1.165) is 34.1 Å². The molecule has 1 aromatic heterocycles. The van der Waals surface area contributed by atoms with Crippen molar-refractivity contribution in [2.75, 3.05) is 13.7 Å². The fraction of sp³-hybridized carbons (Fsp3) is 0.389. The van der Waals surface area contributed by atoms with Crippen molar-refractivity contribution >= 4 is 25.2 Å². The predicted molar refractivity (Wildman–Crippen MR) is 180 cm³/mol. The number of pyridine rings is 1. The molecule has 44 heavy (non-hydrogen) atoms. The second kappa shape index (κ2) is 14.4. The highest BCUT2D eigenvalue weighted by molar-refractivity contribution is 6.74. The van der Waals surface area contributed by atoms with E-state index < -0.39 is 8.32 Å². The summed E-state index contributed by atoms with van der Waals surface area (Å²) in [6.07, 6.45) is 0.803. The minimum atomic E-state index is -2.18. The van der Waals surface area contributed by atoms with E-state index in [9.17, 15) is 9.59 Å². The largest absolute Gasteiger partial charge is 0.487 e. The number of fused-ring (bicyclic) bond motifs is 1. The number of esters is 1. The molecule has 0 radical (unpaired) electrons. The number of H-pyrrole nitrogens is 1. The zero-order chi connectivity index (χ0) is 31.9. The molecule has 7 nitrogen and oxygen atoms in total. The van der Waals surface area contributed by atoms with E-state index in [1.54, 1.807) is 6.07 Å². The first-order valence-electron chi connectivity index (χ1n) is 15.2. The zero-order valence-corrected chi connectivity index (χ0v) is 28.0. The van der Waals surface area contributed by atoms with Crippen LogP contribution < -0.4 is 15.6 Å². The highest BCUT2D eigenvalue weighted by Crippen LogP contribution is 2.41. The molecule has 234 valence electrons. The number of methoxy groups -OCH3 is 1. The third kappa shape index (κ3) is 8.68. The van der Waals surface area contributed by atoms with Crippen LogP contribution in [0.5, 0.6) is 5.75 Å². The molecule has 0 bridgehead atoms. The smallest absolute Gasteiger partial charge is 0.309 e. The van der Waals surface area contributed by atoms with Gasteiger partial charge in [-0.1, -0.05) is 81.4 Å². The Morgan fingerprint density at radius 2 is 1.64 bits per heavy atom. The van der Waals surface area contributed by atoms with Gasteiger partial charge in [0, 0.05) is 24.0 Å². The van der Waals surface area contributed by atoms with Crippen molar-refractivity contribution in [1.82, 2.24) is 10.3 Å². The molecule has 4 rings (SSSR count). The quantitative estimate of drug-likeness (QED) is 0.123. The van der Waals surface area contributed by atoms with E-state index in [2.05, 4.69) is 69.3 Å². The van der Waals surface area contributed by atoms with Crippen LogP contribution >= 0.6 is 0 Å². The molecule has 0 aliphatic rings. The van der Waals surface area contributed by atoms with Gasteiger partial charge in [0.25, 0.3) is 0 Å². The molecule has 8 heteroatoms. The lowest BCUT2D eigenvalue weighted by atomic mass is 10.0. The van der Waals surface area contributed by atoms with E-state index in [4.69, 9.17) is 13.9 Å². The molecule has 3 aromatic carbocycles. The SMILES string of the molecule is COC(=O)Cc1cccc(C[C@H](C)NC[C@@H](O[Si](C)(C)C(C)(C)C)c2ccc(OCc3ccccc3)c3[nH]c(=O)ccc23)c1. The van der Waals surface area contributed by atoms with Crippen molar-refractivity contribution in [3.8, 4) is 5.75 Å². The van der Waals surface area contributed by atoms with Gasteiger partial charge in [0.2, 0.25) is 5.56 Å². The van der Waals surface area contributed by atoms with E-state index in [0.29, 0.717) is 24.4 Å². The minimum absolute atomic E-state index is 0.0137. The summed E-state index contributed by atoms with van der Waals surface area (Å²) in [5.41, 5.74) is 4.64. The molecule has 0 aliphatic heterocycles. The molecule has 4 aromatic rings. The van der Waals surface area contributed by atoms with Gasteiger partial charge in [0.15, 0.2) is 8.32 Å². The molecular formula is C36H46N2O5Si. The van der Waals surface area contributed by atoms with Crippen LogP contribution in [0.15, 0.2) is 83.7 Å². The van der Waals surface area contributed by atoms with Crippen LogP contribution in [0, 0.1) is 0 Å². The Labute approximate surface area is 262 Å². The first-order valence-corrected chi connectivity index (χ1v) is 18.2. The summed E-state index contributed by atoms with van der Waals surface area (Å²) in [7, 11) is -0.773. The lowest BCUT2D eigenvalue weighted by Crippen LogP contribution is -2.44. The fourth-order valence-electron chi connectivity index (χ4n) is 4.97. The molecule has 0 saturated carbocycles. The maximum absolute atomic E-state index is 12.5. The number of nitrogens with one attached hydrogen (secondary N) is 2. The second-order valence-electron chi connectivity index (χ2n) is 13.0. The molecule has 0 saturated heterocycles. The van der Waals surface area contributed by atoms with Gasteiger partial charge in [-0.25, -0.2) is 0 Å². The molecular weight excluding hydrogens is 568 g/mol. The topological polar surface area (TPSA) is 89.7 Å². The maximum atomic E-state index is 12.5. The first-order chi connectivity index (χ1) is 20.9. The predicted octanol–water partition coefficient (Wildman–Crippen LogP) is 7.11. The second-order valence-corrected chi connectivity index (χ2v) is 17.7. The third-order valence-electron chi connectivity index (χ3n) is 8.48. The summed E-state index contributed by atoms with van der Waals surface area (Å²) in [4.78, 5) is 27.3. The van der Waals surface area contributed by atoms with Gasteiger partial charge >= 0.3 is 5.97 Å². The van der Waals surface area contributed by atoms with E-state index in [-0.39, 0.29) is 35.1 Å². The van der Waals surface area contributed by atoms with E-state index in [1.165, 1.54) is 7.11 Å². The van der Waals surface area contributed by atoms with Gasteiger partial charge < -0.3 is 24.2 Å². The van der Waals surface area contributed by atoms with Crippen molar-refractivity contribution < 1.29 is 18.7 Å². The van der Waals surface area contributed by atoms with Crippen LogP contribution in [0.2, 0.25) is 18.1 Å². The number of hydrogen-bond acceptors (Lipinski definition) is 6. The summed E-state index contributed by atoms with van der Waals surface area (Å²) in [5.74, 6) is 0.383. The van der Waals surface area contributed by atoms with Crippen molar-refractivity contribution in [1.29, 1.82) is 0 Å². The average molecular weight is 615 g/mol. The van der Waals surface area contributed by atoms with Crippen molar-refractivity contribution in [2.45, 2.75) is 77.4 Å². The van der Waals surface area contributed by atoms with Gasteiger partial charge in [-0.3, -0.25) is 9.59 Å². The molecule has 0 amide bonds. The highest BCUT2D eigenvalue weighted by atomic mass is 28.4. The van der Waals surface area contributed by atoms with Crippen LogP contribution in [0.25, 0.3) is 10.9 Å². The normalized spacial score (nSPS) is 13.4. The van der Waals surface area contributed by atoms with Crippen LogP contribution in [-0.4, -0.2) is 39.0 Å². The lowest BCUT2D eigenvalue weighted by Gasteiger charge is -2.40. The summed E-state index contributed by atoms with van der Waals surface area (Å²) in [6.45, 7) is 14.4. The van der Waals surface area contributed by atoms with Gasteiger partial charge in [0.05, 0.1) is 25.2 Å². The fourth-order valence-corrected chi connectivity index (χ4v) is 6.25. The Kier molecular flexibility index (Phi) is 10.8. The van der Waals surface area contributed by atoms with E-state index in [1.807, 2.05) is 54.6 Å². The standard InChI is InChI=1S/C36H46N2O5Si/c1-25(20-27-14-11-15-28(21-27)22-34(40)41-5)37-23-32(43-44(6,7)36(2,3)4)29-16-18-31(35-30(29)17-19-33(39)38-35)42-24-26-12-9-8-10-13-26/h8-19,21,25,32,37H,20,22-24H2,1-7H3,(H,38,39)/t25-,32+/m0/s1. The van der Waals surface area contributed by atoms with Crippen LogP contribution in [0.4, 0.5) is 0 Å². The van der Waals surface area contributed by atoms with Crippen molar-refractivity contribution in [3.05, 3.63) is 111 Å². The molecule has 2 atom stereocenters. The Morgan fingerprint density at radius 1 is 0.932 bits per heavy atom. The average Bonchev–Trinajstić information content (AvgIpc) is 2.98. The summed E-state index contributed by atoms with van der Waals surface area (Å²) in [5, 5.41) is 4.63. The summed E-state index contributed by atoms with van der Waals surface area (Å²) >= 11 is 0. The number of rotatable bonds is 13. The number of ether oxygens (including phenoxy) is 2. The van der Waals surface area contributed by atoms with Crippen LogP contribution in [0.3, 0.4) is 0 Å². The van der Waals surface area contributed by atoms with Gasteiger partial charge in [0.1, 0.15) is 12.4 Å². The molecule has 0 fully saturated rings. The van der Waals surface area contributed by atoms with Gasteiger partial charge in [-0.2, -0.15) is 0 Å². The number of aromatic amines is 1. The number of aromatic nitrogens is 1. The van der Waals surface area contributed by atoms with Gasteiger partial charge in [-0.15, -0.1) is 0 Å². The Balaban J connectivity index is 1.60. The number of benzene rings is 3. The maximum Gasteiger partial charge on any atom is 0.309 e. The zero-order valence-electron chi connectivity index (χ0n) is 27.0. The minimum Gasteiger partial charge on any atom is -0.487 e. The molecule has 1 heterocycles. The third-order valence-corrected chi connectivity index (χ3v) is 13.0. The monoisotopic (exact) mass is 614 g/mol. The van der Waals surface area contributed by atoms with Crippen molar-refractivity contribution in [3.63, 3.8) is 0 Å².